The predicted octanol–water partition coefficient (Wildman–Crippen LogP) is 3.18. The number of nitrogens with zero attached hydrogens (tertiary/aromatic N) is 1. The molecule has 0 aromatic carbocycles. The molecule has 1 saturated heterocycles. The zero-order valence-electron chi connectivity index (χ0n) is 13.9. The third-order valence-electron chi connectivity index (χ3n) is 7.67. The van der Waals surface area contributed by atoms with Gasteiger partial charge in [0.15, 0.2) is 0 Å². The molecule has 4 heteroatoms. The van der Waals surface area contributed by atoms with Crippen LogP contribution >= 0.6 is 0 Å². The largest absolute Gasteiger partial charge is 0.444 e. The van der Waals surface area contributed by atoms with Gasteiger partial charge in [-0.15, -0.1) is 0 Å². The smallest absolute Gasteiger partial charge is 0.410 e. The molecule has 0 aromatic heterocycles. The fraction of sp³-hybridized carbons (Fsp3) is 0.947. The molecule has 1 heterocycles. The number of hydrogen-bond acceptors (Lipinski definition) is 3. The Balaban J connectivity index is 1.29. The van der Waals surface area contributed by atoms with E-state index in [-0.39, 0.29) is 18.3 Å². The third kappa shape index (κ3) is 2.40. The molecule has 128 valence electrons. The third-order valence-corrected chi connectivity index (χ3v) is 7.67. The van der Waals surface area contributed by atoms with Gasteiger partial charge in [-0.2, -0.15) is 0 Å². The molecule has 6 fully saturated rings. The highest BCUT2D eigenvalue weighted by Gasteiger charge is 2.53. The maximum Gasteiger partial charge on any atom is 0.410 e. The van der Waals surface area contributed by atoms with Gasteiger partial charge in [-0.25, -0.2) is 4.79 Å². The van der Waals surface area contributed by atoms with Gasteiger partial charge in [0.25, 0.3) is 0 Å². The molecule has 1 unspecified atom stereocenters. The topological polar surface area (TPSA) is 49.8 Å². The second kappa shape index (κ2) is 5.37. The summed E-state index contributed by atoms with van der Waals surface area (Å²) in [6.45, 7) is 0.812. The number of hydrogen-bond donors (Lipinski definition) is 1. The van der Waals surface area contributed by atoms with E-state index in [9.17, 15) is 9.90 Å². The Morgan fingerprint density at radius 3 is 2.09 bits per heavy atom. The number of ether oxygens (including phenoxy) is 1. The molecule has 5 aliphatic carbocycles. The summed E-state index contributed by atoms with van der Waals surface area (Å²) in [5, 5.41) is 9.70. The summed E-state index contributed by atoms with van der Waals surface area (Å²) in [6, 6.07) is 0.467. The molecule has 4 nitrogen and oxygen atoms in total. The highest BCUT2D eigenvalue weighted by atomic mass is 16.6. The summed E-state index contributed by atoms with van der Waals surface area (Å²) in [4.78, 5) is 14.7. The number of carbonyl (C=O) groups excluding carboxylic acids is 1. The Hall–Kier alpha value is -0.770. The molecule has 1 amide bonds. The van der Waals surface area contributed by atoms with Crippen molar-refractivity contribution in [2.45, 2.75) is 76.0 Å². The van der Waals surface area contributed by atoms with Crippen LogP contribution in [-0.2, 0) is 4.74 Å². The molecular formula is C19H29NO3. The van der Waals surface area contributed by atoms with Crippen LogP contribution in [-0.4, -0.2) is 40.9 Å². The minimum atomic E-state index is -0.135. The van der Waals surface area contributed by atoms with Gasteiger partial charge in [0.1, 0.15) is 6.10 Å². The fourth-order valence-corrected chi connectivity index (χ4v) is 6.87. The van der Waals surface area contributed by atoms with Crippen LogP contribution in [0.1, 0.15) is 57.8 Å². The number of aliphatic hydroxyl groups excluding tert-OH is 1. The monoisotopic (exact) mass is 319 g/mol. The molecule has 0 spiro atoms. The maximum atomic E-state index is 12.6. The lowest BCUT2D eigenvalue weighted by molar-refractivity contribution is -0.0483. The quantitative estimate of drug-likeness (QED) is 0.850. The summed E-state index contributed by atoms with van der Waals surface area (Å²) in [5.41, 5.74) is 0. The normalized spacial score (nSPS) is 52.0. The molecule has 0 radical (unpaired) electrons. The van der Waals surface area contributed by atoms with Crippen molar-refractivity contribution in [2.75, 3.05) is 6.54 Å². The van der Waals surface area contributed by atoms with E-state index in [1.54, 1.807) is 0 Å². The molecular weight excluding hydrogens is 290 g/mol. The minimum absolute atomic E-state index is 0.0430. The van der Waals surface area contributed by atoms with Crippen molar-refractivity contribution in [2.24, 2.45) is 29.6 Å². The molecule has 23 heavy (non-hydrogen) atoms. The van der Waals surface area contributed by atoms with E-state index in [0.29, 0.717) is 12.0 Å². The summed E-state index contributed by atoms with van der Waals surface area (Å²) in [5.74, 6) is 3.84. The summed E-state index contributed by atoms with van der Waals surface area (Å²) in [6.07, 6.45) is 10.5. The van der Waals surface area contributed by atoms with Gasteiger partial charge in [0, 0.05) is 6.04 Å². The van der Waals surface area contributed by atoms with E-state index in [4.69, 9.17) is 4.74 Å². The van der Waals surface area contributed by atoms with Crippen molar-refractivity contribution in [1.29, 1.82) is 0 Å². The van der Waals surface area contributed by atoms with Crippen molar-refractivity contribution in [3.8, 4) is 0 Å². The Bertz CT molecular complexity index is 457. The second-order valence-electron chi connectivity index (χ2n) is 9.06. The molecule has 0 aromatic rings. The highest BCUT2D eigenvalue weighted by Crippen LogP contribution is 2.55. The zero-order chi connectivity index (χ0) is 15.6. The van der Waals surface area contributed by atoms with Crippen molar-refractivity contribution in [3.63, 3.8) is 0 Å². The van der Waals surface area contributed by atoms with Crippen LogP contribution in [0.15, 0.2) is 0 Å². The molecule has 4 bridgehead atoms. The lowest BCUT2D eigenvalue weighted by atomic mass is 9.54. The van der Waals surface area contributed by atoms with Gasteiger partial charge in [-0.1, -0.05) is 0 Å². The number of amides is 1. The maximum absolute atomic E-state index is 12.6. The van der Waals surface area contributed by atoms with Crippen LogP contribution in [0, 0.1) is 29.6 Å². The molecule has 6 rings (SSSR count). The molecule has 1 aliphatic heterocycles. The van der Waals surface area contributed by atoms with Crippen LogP contribution in [0.2, 0.25) is 0 Å². The fourth-order valence-electron chi connectivity index (χ4n) is 6.87. The van der Waals surface area contributed by atoms with E-state index < -0.39 is 0 Å². The van der Waals surface area contributed by atoms with Gasteiger partial charge in [0.2, 0.25) is 0 Å². The summed E-state index contributed by atoms with van der Waals surface area (Å²) in [7, 11) is 0. The number of rotatable bonds is 2. The van der Waals surface area contributed by atoms with E-state index in [0.717, 1.165) is 55.9 Å². The van der Waals surface area contributed by atoms with Gasteiger partial charge < -0.3 is 14.7 Å². The number of cyclic esters (lactones) is 1. The first-order chi connectivity index (χ1) is 11.2. The van der Waals surface area contributed by atoms with Crippen molar-refractivity contribution in [1.82, 2.24) is 4.90 Å². The lowest BCUT2D eigenvalue weighted by Crippen LogP contribution is -2.56. The van der Waals surface area contributed by atoms with Gasteiger partial charge in [-0.3, -0.25) is 0 Å². The first kappa shape index (κ1) is 14.6. The highest BCUT2D eigenvalue weighted by molar-refractivity contribution is 5.70. The standard InChI is InChI=1S/C19H29NO3/c21-16-3-1-13(2-4-16)17-10-20(19(22)23-17)18-14-6-11-5-12(8-14)9-15(18)7-11/h11-18,21H,1-10H2. The van der Waals surface area contributed by atoms with Crippen LogP contribution < -0.4 is 0 Å². The van der Waals surface area contributed by atoms with Crippen molar-refractivity contribution < 1.29 is 14.6 Å². The number of carbonyl (C=O) groups is 1. The van der Waals surface area contributed by atoms with Crippen molar-refractivity contribution in [3.05, 3.63) is 0 Å². The Kier molecular flexibility index (Phi) is 3.40. The van der Waals surface area contributed by atoms with Gasteiger partial charge in [0.05, 0.1) is 12.6 Å². The van der Waals surface area contributed by atoms with Crippen LogP contribution in [0.5, 0.6) is 0 Å². The predicted molar refractivity (Wildman–Crippen MR) is 85.8 cm³/mol. The van der Waals surface area contributed by atoms with Crippen LogP contribution in [0.4, 0.5) is 4.79 Å². The Morgan fingerprint density at radius 1 is 0.870 bits per heavy atom. The summed E-state index contributed by atoms with van der Waals surface area (Å²) < 4.78 is 5.81. The van der Waals surface area contributed by atoms with Gasteiger partial charge >= 0.3 is 6.09 Å². The molecule has 1 atom stereocenters. The van der Waals surface area contributed by atoms with E-state index in [2.05, 4.69) is 4.90 Å². The average molecular weight is 319 g/mol. The Labute approximate surface area is 138 Å². The van der Waals surface area contributed by atoms with E-state index in [1.165, 1.54) is 32.1 Å². The van der Waals surface area contributed by atoms with E-state index in [1.807, 2.05) is 0 Å². The first-order valence-corrected chi connectivity index (χ1v) is 9.82. The van der Waals surface area contributed by atoms with Crippen LogP contribution in [0.3, 0.4) is 0 Å². The summed E-state index contributed by atoms with van der Waals surface area (Å²) >= 11 is 0. The second-order valence-corrected chi connectivity index (χ2v) is 9.06. The molecule has 5 saturated carbocycles. The van der Waals surface area contributed by atoms with Crippen LogP contribution in [0.25, 0.3) is 0 Å². The molecule has 1 N–H and O–H groups in total. The average Bonchev–Trinajstić information content (AvgIpc) is 2.89. The van der Waals surface area contributed by atoms with E-state index >= 15 is 0 Å². The lowest BCUT2D eigenvalue weighted by Gasteiger charge is -2.56. The first-order valence-electron chi connectivity index (χ1n) is 9.82. The zero-order valence-corrected chi connectivity index (χ0v) is 13.9. The van der Waals surface area contributed by atoms with Crippen molar-refractivity contribution >= 4 is 6.09 Å². The SMILES string of the molecule is O=C1OC(C2CCC(O)CC2)CN1C1C2CC3CC(C2)CC1C3. The molecule has 6 aliphatic rings. The minimum Gasteiger partial charge on any atom is -0.444 e. The number of aliphatic hydroxyl groups is 1. The Morgan fingerprint density at radius 2 is 1.48 bits per heavy atom. The van der Waals surface area contributed by atoms with Gasteiger partial charge in [-0.05, 0) is 87.4 Å².